The van der Waals surface area contributed by atoms with Crippen molar-refractivity contribution in [1.82, 2.24) is 19.7 Å². The van der Waals surface area contributed by atoms with Crippen LogP contribution in [0.1, 0.15) is 49.5 Å². The Bertz CT molecular complexity index is 722. The number of ether oxygens (including phenoxy) is 1. The van der Waals surface area contributed by atoms with Crippen molar-refractivity contribution < 1.29 is 9.53 Å². The third kappa shape index (κ3) is 3.08. The molecule has 1 amide bonds. The second-order valence-electron chi connectivity index (χ2n) is 6.38. The normalized spacial score (nSPS) is 24.0. The highest BCUT2D eigenvalue weighted by molar-refractivity contribution is 7.13. The molecule has 1 N–H and O–H groups in total. The molecular formula is C16H21N5O2S. The van der Waals surface area contributed by atoms with Crippen LogP contribution in [0.3, 0.4) is 0 Å². The minimum atomic E-state index is -0.0186. The molecule has 128 valence electrons. The van der Waals surface area contributed by atoms with Gasteiger partial charge in [0.25, 0.3) is 0 Å². The zero-order valence-electron chi connectivity index (χ0n) is 13.6. The molecule has 8 heteroatoms. The highest BCUT2D eigenvalue weighted by Crippen LogP contribution is 2.47. The number of amides is 1. The topological polar surface area (TPSA) is 81.9 Å². The van der Waals surface area contributed by atoms with Crippen LogP contribution in [0.25, 0.3) is 0 Å². The van der Waals surface area contributed by atoms with Crippen LogP contribution in [0.5, 0.6) is 0 Å². The zero-order chi connectivity index (χ0) is 16.5. The maximum atomic E-state index is 12.4. The van der Waals surface area contributed by atoms with E-state index in [1.807, 2.05) is 4.57 Å². The Morgan fingerprint density at radius 2 is 2.29 bits per heavy atom. The van der Waals surface area contributed by atoms with E-state index in [0.717, 1.165) is 50.5 Å². The number of aromatic nitrogens is 4. The van der Waals surface area contributed by atoms with Gasteiger partial charge in [0, 0.05) is 42.9 Å². The molecule has 0 bridgehead atoms. The van der Waals surface area contributed by atoms with Gasteiger partial charge >= 0.3 is 0 Å². The zero-order valence-corrected chi connectivity index (χ0v) is 14.5. The van der Waals surface area contributed by atoms with Gasteiger partial charge in [0.05, 0.1) is 5.69 Å². The molecule has 2 aliphatic rings. The first-order valence-electron chi connectivity index (χ1n) is 8.48. The van der Waals surface area contributed by atoms with Crippen LogP contribution in [0.4, 0.5) is 5.13 Å². The molecule has 1 saturated heterocycles. The molecule has 1 saturated carbocycles. The smallest absolute Gasteiger partial charge is 0.230 e. The molecular weight excluding hydrogens is 326 g/mol. The maximum absolute atomic E-state index is 12.4. The molecule has 2 aromatic heterocycles. The Kier molecular flexibility index (Phi) is 4.32. The highest BCUT2D eigenvalue weighted by atomic mass is 32.1. The minimum Gasteiger partial charge on any atom is -0.381 e. The summed E-state index contributed by atoms with van der Waals surface area (Å²) in [5, 5.41) is 13.8. The van der Waals surface area contributed by atoms with E-state index in [0.29, 0.717) is 11.0 Å². The number of anilines is 1. The van der Waals surface area contributed by atoms with Crippen molar-refractivity contribution in [2.24, 2.45) is 5.92 Å². The number of hydrogen-bond donors (Lipinski definition) is 1. The van der Waals surface area contributed by atoms with E-state index < -0.39 is 0 Å². The van der Waals surface area contributed by atoms with Crippen molar-refractivity contribution in [2.75, 3.05) is 18.5 Å². The number of nitrogens with zero attached hydrogens (tertiary/aromatic N) is 4. The van der Waals surface area contributed by atoms with Crippen LogP contribution < -0.4 is 5.32 Å². The van der Waals surface area contributed by atoms with Crippen LogP contribution in [-0.4, -0.2) is 38.9 Å². The fourth-order valence-electron chi connectivity index (χ4n) is 3.29. The largest absolute Gasteiger partial charge is 0.381 e. The predicted octanol–water partition coefficient (Wildman–Crippen LogP) is 2.39. The van der Waals surface area contributed by atoms with Gasteiger partial charge in [-0.2, -0.15) is 0 Å². The Morgan fingerprint density at radius 1 is 1.46 bits per heavy atom. The van der Waals surface area contributed by atoms with E-state index >= 15 is 0 Å². The van der Waals surface area contributed by atoms with Crippen molar-refractivity contribution in [2.45, 2.75) is 44.6 Å². The van der Waals surface area contributed by atoms with E-state index in [2.05, 4.69) is 32.8 Å². The fourth-order valence-corrected chi connectivity index (χ4v) is 4.08. The second kappa shape index (κ2) is 6.60. The number of nitrogens with one attached hydrogen (secondary N) is 1. The molecule has 0 radical (unpaired) electrons. The summed E-state index contributed by atoms with van der Waals surface area (Å²) in [6.45, 7) is 4.48. The Hall–Kier alpha value is -1.80. The first kappa shape index (κ1) is 15.7. The number of thiazole rings is 1. The molecule has 3 heterocycles. The summed E-state index contributed by atoms with van der Waals surface area (Å²) in [7, 11) is 0. The number of rotatable bonds is 5. The number of carbonyl (C=O) groups excluding carboxylic acids is 1. The van der Waals surface area contributed by atoms with Gasteiger partial charge in [0.2, 0.25) is 5.91 Å². The summed E-state index contributed by atoms with van der Waals surface area (Å²) in [5.74, 6) is 1.58. The quantitative estimate of drug-likeness (QED) is 0.898. The molecule has 2 atom stereocenters. The van der Waals surface area contributed by atoms with Gasteiger partial charge < -0.3 is 14.6 Å². The summed E-state index contributed by atoms with van der Waals surface area (Å²) in [5.41, 5.74) is 1.08. The van der Waals surface area contributed by atoms with Gasteiger partial charge in [-0.3, -0.25) is 4.79 Å². The highest BCUT2D eigenvalue weighted by Gasteiger charge is 2.47. The molecule has 7 nitrogen and oxygen atoms in total. The number of carbonyl (C=O) groups is 1. The van der Waals surface area contributed by atoms with Crippen LogP contribution in [0.15, 0.2) is 11.7 Å². The van der Waals surface area contributed by atoms with Gasteiger partial charge in [0.1, 0.15) is 12.2 Å². The van der Waals surface area contributed by atoms with Crippen LogP contribution in [-0.2, 0) is 16.1 Å². The number of aryl methyl sites for hydroxylation is 1. The fraction of sp³-hybridized carbons (Fsp3) is 0.625. The van der Waals surface area contributed by atoms with Gasteiger partial charge in [-0.25, -0.2) is 4.98 Å². The molecule has 4 rings (SSSR count). The van der Waals surface area contributed by atoms with Crippen molar-refractivity contribution in [3.63, 3.8) is 0 Å². The maximum Gasteiger partial charge on any atom is 0.230 e. The summed E-state index contributed by atoms with van der Waals surface area (Å²) < 4.78 is 7.40. The van der Waals surface area contributed by atoms with Crippen LogP contribution >= 0.6 is 11.3 Å². The molecule has 2 fully saturated rings. The average Bonchev–Trinajstić information content (AvgIpc) is 3.05. The van der Waals surface area contributed by atoms with E-state index in [9.17, 15) is 4.79 Å². The van der Waals surface area contributed by atoms with Crippen LogP contribution in [0, 0.1) is 5.92 Å². The Balaban J connectivity index is 1.36. The lowest BCUT2D eigenvalue weighted by Crippen LogP contribution is -2.16. The SMILES string of the molecule is CCn1cnnc1C1CC1C(=O)Nc1nc(C2CCOCC2)cs1. The third-order valence-corrected chi connectivity index (χ3v) is 5.61. The number of hydrogen-bond acceptors (Lipinski definition) is 6. The van der Waals surface area contributed by atoms with Crippen molar-refractivity contribution in [3.8, 4) is 0 Å². The Labute approximate surface area is 144 Å². The molecule has 24 heavy (non-hydrogen) atoms. The first-order chi connectivity index (χ1) is 11.8. The molecule has 1 aliphatic carbocycles. The molecule has 0 aromatic carbocycles. The van der Waals surface area contributed by atoms with E-state index in [1.54, 1.807) is 6.33 Å². The van der Waals surface area contributed by atoms with Crippen molar-refractivity contribution in [1.29, 1.82) is 0 Å². The van der Waals surface area contributed by atoms with Gasteiger partial charge in [-0.1, -0.05) is 0 Å². The van der Waals surface area contributed by atoms with Gasteiger partial charge in [-0.05, 0) is 26.2 Å². The molecule has 1 aliphatic heterocycles. The summed E-state index contributed by atoms with van der Waals surface area (Å²) in [4.78, 5) is 17.0. The van der Waals surface area contributed by atoms with E-state index in [4.69, 9.17) is 4.74 Å². The molecule has 0 spiro atoms. The van der Waals surface area contributed by atoms with E-state index in [-0.39, 0.29) is 17.7 Å². The van der Waals surface area contributed by atoms with E-state index in [1.165, 1.54) is 11.3 Å². The van der Waals surface area contributed by atoms with Crippen LogP contribution in [0.2, 0.25) is 0 Å². The summed E-state index contributed by atoms with van der Waals surface area (Å²) in [6.07, 6.45) is 4.58. The second-order valence-corrected chi connectivity index (χ2v) is 7.24. The average molecular weight is 347 g/mol. The predicted molar refractivity (Wildman–Crippen MR) is 90.1 cm³/mol. The standard InChI is InChI=1S/C16H21N5O2S/c1-2-21-9-17-20-14(21)11-7-12(11)15(22)19-16-18-13(8-24-16)10-3-5-23-6-4-10/h8-12H,2-7H2,1H3,(H,18,19,22). The third-order valence-electron chi connectivity index (χ3n) is 4.84. The lowest BCUT2D eigenvalue weighted by molar-refractivity contribution is -0.117. The van der Waals surface area contributed by atoms with Gasteiger partial charge in [0.15, 0.2) is 5.13 Å². The minimum absolute atomic E-state index is 0.0186. The molecule has 2 unspecified atom stereocenters. The Morgan fingerprint density at radius 3 is 3.08 bits per heavy atom. The molecule has 2 aromatic rings. The lowest BCUT2D eigenvalue weighted by Gasteiger charge is -2.19. The first-order valence-corrected chi connectivity index (χ1v) is 9.36. The lowest BCUT2D eigenvalue weighted by atomic mass is 9.98. The summed E-state index contributed by atoms with van der Waals surface area (Å²) >= 11 is 1.51. The van der Waals surface area contributed by atoms with Crippen molar-refractivity contribution >= 4 is 22.4 Å². The van der Waals surface area contributed by atoms with Crippen molar-refractivity contribution in [3.05, 3.63) is 23.2 Å². The van der Waals surface area contributed by atoms with Gasteiger partial charge in [-0.15, -0.1) is 21.5 Å². The monoisotopic (exact) mass is 347 g/mol. The summed E-state index contributed by atoms with van der Waals surface area (Å²) in [6, 6.07) is 0.